The van der Waals surface area contributed by atoms with Gasteiger partial charge in [-0.05, 0) is 48.4 Å². The molecule has 0 atom stereocenters. The number of carbonyl (C=O) groups is 1. The van der Waals surface area contributed by atoms with E-state index in [1.165, 1.54) is 22.7 Å². The third-order valence-electron chi connectivity index (χ3n) is 5.51. The number of nitrogens with one attached hydrogen (secondary N) is 1. The Labute approximate surface area is 181 Å². The van der Waals surface area contributed by atoms with Gasteiger partial charge in [0.05, 0.1) is 11.8 Å². The van der Waals surface area contributed by atoms with Crippen molar-refractivity contribution in [3.63, 3.8) is 0 Å². The van der Waals surface area contributed by atoms with E-state index in [9.17, 15) is 17.6 Å². The zero-order valence-corrected chi connectivity index (χ0v) is 18.1. The summed E-state index contributed by atoms with van der Waals surface area (Å²) >= 11 is 0. The number of nitrogens with zero attached hydrogens (tertiary/aromatic N) is 3. The number of fused-ring (bicyclic) bond motifs is 1. The maximum atomic E-state index is 13.3. The van der Waals surface area contributed by atoms with Gasteiger partial charge in [-0.2, -0.15) is 4.31 Å². The molecule has 1 fully saturated rings. The van der Waals surface area contributed by atoms with Crippen LogP contribution < -0.4 is 10.2 Å². The van der Waals surface area contributed by atoms with Crippen LogP contribution in [-0.2, 0) is 16.4 Å². The van der Waals surface area contributed by atoms with Crippen LogP contribution in [0.3, 0.4) is 0 Å². The summed E-state index contributed by atoms with van der Waals surface area (Å²) in [6.07, 6.45) is 3.57. The van der Waals surface area contributed by atoms with E-state index in [1.807, 2.05) is 28.7 Å². The summed E-state index contributed by atoms with van der Waals surface area (Å²) in [6, 6.07) is 14.0. The molecule has 1 saturated heterocycles. The largest absolute Gasteiger partial charge is 0.355 e. The van der Waals surface area contributed by atoms with Crippen LogP contribution in [-0.4, -0.2) is 62.0 Å². The number of piperazine rings is 1. The Balaban J connectivity index is 1.43. The van der Waals surface area contributed by atoms with Crippen LogP contribution in [0.4, 0.5) is 10.2 Å². The average molecular weight is 445 g/mol. The summed E-state index contributed by atoms with van der Waals surface area (Å²) in [7, 11) is -3.18. The van der Waals surface area contributed by atoms with Crippen LogP contribution in [0, 0.1) is 5.82 Å². The van der Waals surface area contributed by atoms with Gasteiger partial charge in [0.1, 0.15) is 11.6 Å². The van der Waals surface area contributed by atoms with Crippen molar-refractivity contribution in [2.75, 3.05) is 43.9 Å². The molecule has 9 heteroatoms. The number of pyridine rings is 1. The molecule has 0 bridgehead atoms. The summed E-state index contributed by atoms with van der Waals surface area (Å²) in [5, 5.41) is 2.88. The lowest BCUT2D eigenvalue weighted by atomic mass is 10.1. The molecule has 0 radical (unpaired) electrons. The second kappa shape index (κ2) is 8.68. The first-order valence-electron chi connectivity index (χ1n) is 10.1. The first-order valence-corrected chi connectivity index (χ1v) is 12.0. The Morgan fingerprint density at radius 2 is 1.81 bits per heavy atom. The molecular formula is C22H25FN4O3S. The number of rotatable bonds is 6. The second-order valence-corrected chi connectivity index (χ2v) is 9.67. The molecule has 0 saturated carbocycles. The smallest absolute Gasteiger partial charge is 0.252 e. The topological polar surface area (TPSA) is 74.1 Å². The van der Waals surface area contributed by atoms with E-state index in [-0.39, 0.29) is 11.7 Å². The van der Waals surface area contributed by atoms with E-state index in [1.54, 1.807) is 18.3 Å². The minimum Gasteiger partial charge on any atom is -0.355 e. The molecule has 1 aliphatic heterocycles. The van der Waals surface area contributed by atoms with Crippen molar-refractivity contribution < 1.29 is 17.6 Å². The van der Waals surface area contributed by atoms with Crippen molar-refractivity contribution in [3.05, 3.63) is 71.7 Å². The number of amides is 1. The molecule has 164 valence electrons. The Hall–Kier alpha value is -2.91. The minimum atomic E-state index is -3.18. The summed E-state index contributed by atoms with van der Waals surface area (Å²) < 4.78 is 40.2. The number of hydrogen-bond donors (Lipinski definition) is 1. The van der Waals surface area contributed by atoms with Crippen LogP contribution in [0.5, 0.6) is 0 Å². The van der Waals surface area contributed by atoms with Gasteiger partial charge in [-0.3, -0.25) is 4.79 Å². The molecule has 4 rings (SSSR count). The van der Waals surface area contributed by atoms with Gasteiger partial charge in [-0.1, -0.05) is 12.1 Å². The van der Waals surface area contributed by atoms with Crippen molar-refractivity contribution >= 4 is 27.3 Å². The maximum absolute atomic E-state index is 13.3. The Morgan fingerprint density at radius 1 is 1.06 bits per heavy atom. The van der Waals surface area contributed by atoms with E-state index in [2.05, 4.69) is 10.2 Å². The lowest BCUT2D eigenvalue weighted by molar-refractivity contribution is 0.0953. The van der Waals surface area contributed by atoms with E-state index < -0.39 is 10.0 Å². The highest BCUT2D eigenvalue weighted by atomic mass is 32.2. The summed E-state index contributed by atoms with van der Waals surface area (Å²) in [5.41, 5.74) is 2.31. The Kier molecular flexibility index (Phi) is 5.97. The number of hydrogen-bond acceptors (Lipinski definition) is 4. The van der Waals surface area contributed by atoms with Crippen LogP contribution in [0.2, 0.25) is 0 Å². The first kappa shape index (κ1) is 21.3. The van der Waals surface area contributed by atoms with Crippen molar-refractivity contribution in [1.82, 2.24) is 14.0 Å². The quantitative estimate of drug-likeness (QED) is 0.632. The highest BCUT2D eigenvalue weighted by Crippen LogP contribution is 2.22. The average Bonchev–Trinajstić information content (AvgIpc) is 3.16. The number of benzene rings is 1. The van der Waals surface area contributed by atoms with E-state index >= 15 is 0 Å². The molecule has 3 heterocycles. The normalized spacial score (nSPS) is 15.4. The third kappa shape index (κ3) is 4.88. The van der Waals surface area contributed by atoms with E-state index in [0.29, 0.717) is 44.7 Å². The molecule has 0 aliphatic carbocycles. The second-order valence-electron chi connectivity index (χ2n) is 7.69. The molecule has 7 nitrogen and oxygen atoms in total. The first-order chi connectivity index (χ1) is 14.8. The predicted octanol–water partition coefficient (Wildman–Crippen LogP) is 2.13. The van der Waals surface area contributed by atoms with Crippen molar-refractivity contribution in [1.29, 1.82) is 0 Å². The van der Waals surface area contributed by atoms with Gasteiger partial charge < -0.3 is 14.6 Å². The van der Waals surface area contributed by atoms with Crippen LogP contribution in [0.25, 0.3) is 5.52 Å². The summed E-state index contributed by atoms with van der Waals surface area (Å²) in [4.78, 5) is 14.7. The van der Waals surface area contributed by atoms with Crippen molar-refractivity contribution in [2.24, 2.45) is 0 Å². The van der Waals surface area contributed by atoms with Gasteiger partial charge >= 0.3 is 0 Å². The molecule has 1 N–H and O–H groups in total. The molecule has 2 aromatic heterocycles. The molecule has 1 amide bonds. The van der Waals surface area contributed by atoms with Crippen LogP contribution >= 0.6 is 0 Å². The van der Waals surface area contributed by atoms with Gasteiger partial charge in [0.15, 0.2) is 0 Å². The lowest BCUT2D eigenvalue weighted by Gasteiger charge is -2.34. The third-order valence-corrected chi connectivity index (χ3v) is 6.82. The Bertz CT molecular complexity index is 1200. The van der Waals surface area contributed by atoms with Gasteiger partial charge in [0.2, 0.25) is 10.0 Å². The molecule has 31 heavy (non-hydrogen) atoms. The highest BCUT2D eigenvalue weighted by Gasteiger charge is 2.24. The molecule has 0 spiro atoms. The monoisotopic (exact) mass is 444 g/mol. The minimum absolute atomic E-state index is 0.195. The summed E-state index contributed by atoms with van der Waals surface area (Å²) in [6.45, 7) is 2.46. The zero-order valence-electron chi connectivity index (χ0n) is 17.3. The zero-order chi connectivity index (χ0) is 22.0. The fourth-order valence-corrected chi connectivity index (χ4v) is 4.67. The van der Waals surface area contributed by atoms with E-state index in [0.717, 1.165) is 16.9 Å². The fourth-order valence-electron chi connectivity index (χ4n) is 3.84. The van der Waals surface area contributed by atoms with Gasteiger partial charge in [0, 0.05) is 44.4 Å². The molecule has 1 aromatic carbocycles. The van der Waals surface area contributed by atoms with Crippen molar-refractivity contribution in [2.45, 2.75) is 6.42 Å². The highest BCUT2D eigenvalue weighted by molar-refractivity contribution is 7.88. The van der Waals surface area contributed by atoms with Crippen LogP contribution in [0.15, 0.2) is 54.7 Å². The lowest BCUT2D eigenvalue weighted by Crippen LogP contribution is -2.48. The standard InChI is InChI=1S/C22H25FN4O3S/c1-31(29,30)26-13-11-25(12-14-26)21-8-7-20-6-5-18(16-27(20)21)22(28)24-10-9-17-3-2-4-19(23)15-17/h2-8,15-16H,9-14H2,1H3,(H,24,28). The predicted molar refractivity (Wildman–Crippen MR) is 118 cm³/mol. The molecule has 0 unspecified atom stereocenters. The summed E-state index contributed by atoms with van der Waals surface area (Å²) in [5.74, 6) is 0.448. The number of halogens is 1. The number of carbonyl (C=O) groups excluding carboxylic acids is 1. The van der Waals surface area contributed by atoms with Gasteiger partial charge in [-0.15, -0.1) is 0 Å². The molecular weight excluding hydrogens is 419 g/mol. The number of sulfonamides is 1. The van der Waals surface area contributed by atoms with E-state index in [4.69, 9.17) is 0 Å². The number of aromatic nitrogens is 1. The van der Waals surface area contributed by atoms with Gasteiger partial charge in [0.25, 0.3) is 5.91 Å². The molecule has 3 aromatic rings. The Morgan fingerprint density at radius 3 is 2.52 bits per heavy atom. The van der Waals surface area contributed by atoms with Crippen molar-refractivity contribution in [3.8, 4) is 0 Å². The number of anilines is 1. The SMILES string of the molecule is CS(=O)(=O)N1CCN(c2ccc3ccc(C(=O)NCCc4cccc(F)c4)cn23)CC1. The molecule has 1 aliphatic rings. The maximum Gasteiger partial charge on any atom is 0.252 e. The van der Waals surface area contributed by atoms with Gasteiger partial charge in [-0.25, -0.2) is 12.8 Å². The fraction of sp³-hybridized carbons (Fsp3) is 0.318. The van der Waals surface area contributed by atoms with Crippen LogP contribution in [0.1, 0.15) is 15.9 Å².